The Morgan fingerprint density at radius 1 is 1.29 bits per heavy atom. The largest absolute Gasteiger partial charge is 0.417 e. The fourth-order valence-electron chi connectivity index (χ4n) is 2.79. The fraction of sp³-hybridized carbons (Fsp3) is 0.500. The second-order valence-electron chi connectivity index (χ2n) is 5.67. The zero-order valence-electron chi connectivity index (χ0n) is 13.3. The topological polar surface area (TPSA) is 15.3 Å². The molecular weight excluding hydrogens is 384 g/mol. The highest BCUT2D eigenvalue weighted by Gasteiger charge is 2.35. The number of benzene rings is 1. The Bertz CT molecular complexity index is 544. The van der Waals surface area contributed by atoms with Crippen LogP contribution in [0.3, 0.4) is 0 Å². The summed E-state index contributed by atoms with van der Waals surface area (Å²) < 4.78 is 39.2. The van der Waals surface area contributed by atoms with Crippen molar-refractivity contribution in [1.29, 1.82) is 0 Å². The van der Waals surface area contributed by atoms with Gasteiger partial charge in [-0.25, -0.2) is 0 Å². The van der Waals surface area contributed by atoms with Crippen molar-refractivity contribution in [3.8, 4) is 0 Å². The van der Waals surface area contributed by atoms with Crippen molar-refractivity contribution in [2.75, 3.05) is 26.2 Å². The van der Waals surface area contributed by atoms with Gasteiger partial charge in [0.1, 0.15) is 0 Å². The quantitative estimate of drug-likeness (QED) is 0.700. The van der Waals surface area contributed by atoms with Gasteiger partial charge in [0.2, 0.25) is 0 Å². The number of nitrogens with one attached hydrogen (secondary N) is 1. The molecule has 138 valence electrons. The number of nitrogens with zero attached hydrogens (tertiary/aromatic N) is 1. The molecule has 0 spiro atoms. The third-order valence-electron chi connectivity index (χ3n) is 3.83. The summed E-state index contributed by atoms with van der Waals surface area (Å²) in [6.07, 6.45) is -3.84. The molecule has 0 amide bonds. The molecule has 0 aliphatic carbocycles. The van der Waals surface area contributed by atoms with Gasteiger partial charge in [-0.3, -0.25) is 4.90 Å². The van der Waals surface area contributed by atoms with Crippen molar-refractivity contribution in [2.45, 2.75) is 25.6 Å². The monoisotopic (exact) mass is 404 g/mol. The highest BCUT2D eigenvalue weighted by molar-refractivity contribution is 6.32. The maximum Gasteiger partial charge on any atom is 0.417 e. The molecule has 1 N–H and O–H groups in total. The summed E-state index contributed by atoms with van der Waals surface area (Å²) in [5, 5.41) is 3.05. The number of rotatable bonds is 4. The standard InChI is InChI=1S/C16H20ClF3N2.2ClH/c1-11(2)10-14(22-8-6-21-7-9-22)12-4-3-5-13(15(12)17)16(18,19)20;;/h3-5,14,21H,1,6-10H2,2H3;2*1H/t14-;;/m0../s1. The zero-order chi connectivity index (χ0) is 16.3. The summed E-state index contributed by atoms with van der Waals surface area (Å²) in [7, 11) is 0. The van der Waals surface area contributed by atoms with Crippen LogP contribution < -0.4 is 5.32 Å². The van der Waals surface area contributed by atoms with E-state index < -0.39 is 11.7 Å². The minimum atomic E-state index is -4.44. The molecule has 0 bridgehead atoms. The van der Waals surface area contributed by atoms with Crippen LogP contribution in [-0.2, 0) is 6.18 Å². The van der Waals surface area contributed by atoms with E-state index in [1.54, 1.807) is 6.07 Å². The van der Waals surface area contributed by atoms with E-state index in [9.17, 15) is 13.2 Å². The lowest BCUT2D eigenvalue weighted by Gasteiger charge is -2.36. The van der Waals surface area contributed by atoms with Crippen LogP contribution in [0.15, 0.2) is 30.4 Å². The van der Waals surface area contributed by atoms with E-state index in [-0.39, 0.29) is 35.9 Å². The van der Waals surface area contributed by atoms with Gasteiger partial charge >= 0.3 is 6.18 Å². The zero-order valence-corrected chi connectivity index (χ0v) is 15.7. The average Bonchev–Trinajstić information content (AvgIpc) is 2.45. The SMILES string of the molecule is C=C(C)C[C@@H](c1cccc(C(F)(F)F)c1Cl)N1CCNCC1.Cl.Cl. The van der Waals surface area contributed by atoms with Gasteiger partial charge in [0, 0.05) is 32.2 Å². The van der Waals surface area contributed by atoms with Gasteiger partial charge in [-0.2, -0.15) is 13.2 Å². The molecule has 1 atom stereocenters. The first kappa shape index (κ1) is 23.5. The van der Waals surface area contributed by atoms with Gasteiger partial charge in [0.05, 0.1) is 10.6 Å². The second-order valence-corrected chi connectivity index (χ2v) is 6.05. The second kappa shape index (κ2) is 9.88. The normalized spacial score (nSPS) is 16.7. The van der Waals surface area contributed by atoms with Crippen molar-refractivity contribution in [2.24, 2.45) is 0 Å². The van der Waals surface area contributed by atoms with E-state index in [0.717, 1.165) is 37.8 Å². The first-order valence-corrected chi connectivity index (χ1v) is 7.63. The van der Waals surface area contributed by atoms with Gasteiger partial charge in [-0.05, 0) is 25.0 Å². The molecular formula is C16H22Cl3F3N2. The molecule has 0 saturated carbocycles. The van der Waals surface area contributed by atoms with E-state index in [4.69, 9.17) is 11.6 Å². The van der Waals surface area contributed by atoms with Crippen LogP contribution in [0.25, 0.3) is 0 Å². The minimum absolute atomic E-state index is 0. The Morgan fingerprint density at radius 2 is 1.88 bits per heavy atom. The number of piperazine rings is 1. The van der Waals surface area contributed by atoms with Gasteiger partial charge in [0.25, 0.3) is 0 Å². The van der Waals surface area contributed by atoms with E-state index in [0.29, 0.717) is 12.0 Å². The van der Waals surface area contributed by atoms with Crippen molar-refractivity contribution in [3.05, 3.63) is 46.5 Å². The van der Waals surface area contributed by atoms with Crippen molar-refractivity contribution in [1.82, 2.24) is 10.2 Å². The molecule has 1 heterocycles. The Morgan fingerprint density at radius 3 is 2.38 bits per heavy atom. The van der Waals surface area contributed by atoms with Crippen LogP contribution in [0, 0.1) is 0 Å². The van der Waals surface area contributed by atoms with E-state index in [1.807, 2.05) is 6.92 Å². The van der Waals surface area contributed by atoms with E-state index in [1.165, 1.54) is 6.07 Å². The maximum absolute atomic E-state index is 13.1. The first-order valence-electron chi connectivity index (χ1n) is 7.25. The lowest BCUT2D eigenvalue weighted by atomic mass is 9.96. The number of halogens is 6. The van der Waals surface area contributed by atoms with Crippen molar-refractivity contribution in [3.63, 3.8) is 0 Å². The molecule has 1 saturated heterocycles. The number of hydrogen-bond donors (Lipinski definition) is 1. The van der Waals surface area contributed by atoms with Gasteiger partial charge in [0.15, 0.2) is 0 Å². The Kier molecular flexibility index (Phi) is 9.69. The Labute approximate surface area is 158 Å². The molecule has 1 aromatic carbocycles. The molecule has 8 heteroatoms. The van der Waals surface area contributed by atoms with Gasteiger partial charge < -0.3 is 5.32 Å². The summed E-state index contributed by atoms with van der Waals surface area (Å²) in [4.78, 5) is 2.17. The molecule has 2 nitrogen and oxygen atoms in total. The van der Waals surface area contributed by atoms with Crippen LogP contribution >= 0.6 is 36.4 Å². The number of alkyl halides is 3. The molecule has 1 fully saturated rings. The fourth-order valence-corrected chi connectivity index (χ4v) is 3.14. The molecule has 0 aromatic heterocycles. The van der Waals surface area contributed by atoms with Gasteiger partial charge in [-0.1, -0.05) is 29.3 Å². The predicted molar refractivity (Wildman–Crippen MR) is 97.6 cm³/mol. The summed E-state index contributed by atoms with van der Waals surface area (Å²) in [6.45, 7) is 9.00. The third-order valence-corrected chi connectivity index (χ3v) is 4.25. The van der Waals surface area contributed by atoms with E-state index >= 15 is 0 Å². The maximum atomic E-state index is 13.1. The third kappa shape index (κ3) is 5.81. The van der Waals surface area contributed by atoms with Crippen LogP contribution in [-0.4, -0.2) is 31.1 Å². The van der Waals surface area contributed by atoms with Crippen molar-refractivity contribution >= 4 is 36.4 Å². The highest BCUT2D eigenvalue weighted by atomic mass is 35.5. The van der Waals surface area contributed by atoms with Crippen LogP contribution in [0.4, 0.5) is 13.2 Å². The van der Waals surface area contributed by atoms with Crippen LogP contribution in [0.5, 0.6) is 0 Å². The van der Waals surface area contributed by atoms with Gasteiger partial charge in [-0.15, -0.1) is 31.4 Å². The van der Waals surface area contributed by atoms with Crippen molar-refractivity contribution < 1.29 is 13.2 Å². The minimum Gasteiger partial charge on any atom is -0.314 e. The average molecular weight is 406 g/mol. The molecule has 1 aliphatic heterocycles. The molecule has 0 radical (unpaired) electrons. The lowest BCUT2D eigenvalue weighted by molar-refractivity contribution is -0.137. The van der Waals surface area contributed by atoms with E-state index in [2.05, 4.69) is 16.8 Å². The highest BCUT2D eigenvalue weighted by Crippen LogP contribution is 2.40. The number of hydrogen-bond acceptors (Lipinski definition) is 2. The first-order chi connectivity index (χ1) is 10.3. The van der Waals surface area contributed by atoms with Crippen LogP contribution in [0.1, 0.15) is 30.5 Å². The lowest BCUT2D eigenvalue weighted by Crippen LogP contribution is -2.45. The smallest absolute Gasteiger partial charge is 0.314 e. The molecule has 24 heavy (non-hydrogen) atoms. The summed E-state index contributed by atoms with van der Waals surface area (Å²) in [6, 6.07) is 3.97. The Balaban J connectivity index is 0.00000264. The Hall–Kier alpha value is -0.460. The molecule has 0 unspecified atom stereocenters. The van der Waals surface area contributed by atoms with Crippen LogP contribution in [0.2, 0.25) is 5.02 Å². The summed E-state index contributed by atoms with van der Waals surface area (Å²) >= 11 is 6.10. The molecule has 1 aromatic rings. The molecule has 2 rings (SSSR count). The summed E-state index contributed by atoms with van der Waals surface area (Å²) in [5.41, 5.74) is 0.687. The summed E-state index contributed by atoms with van der Waals surface area (Å²) in [5.74, 6) is 0. The molecule has 1 aliphatic rings. The predicted octanol–water partition coefficient (Wildman–Crippen LogP) is 5.11.